The van der Waals surface area contributed by atoms with E-state index in [1.165, 1.54) is 30.3 Å². The van der Waals surface area contributed by atoms with Crippen molar-refractivity contribution < 1.29 is 12.8 Å². The molecule has 20 heavy (non-hydrogen) atoms. The first-order chi connectivity index (χ1) is 9.29. The Labute approximate surface area is 121 Å². The third-order valence-electron chi connectivity index (χ3n) is 2.66. The van der Waals surface area contributed by atoms with Gasteiger partial charge in [-0.2, -0.15) is 0 Å². The molecule has 0 bridgehead atoms. The topological polar surface area (TPSA) is 72.2 Å². The molecule has 0 fully saturated rings. The summed E-state index contributed by atoms with van der Waals surface area (Å²) in [5.74, 6) is -0.530. The second-order valence-corrected chi connectivity index (χ2v) is 6.31. The third-order valence-corrected chi connectivity index (χ3v) is 4.51. The predicted octanol–water partition coefficient (Wildman–Crippen LogP) is 3.17. The predicted molar refractivity (Wildman–Crippen MR) is 77.8 cm³/mol. The fourth-order valence-corrected chi connectivity index (χ4v) is 3.25. The van der Waals surface area contributed by atoms with Gasteiger partial charge in [0.05, 0.1) is 21.3 Å². The van der Waals surface area contributed by atoms with Crippen molar-refractivity contribution in [3.8, 4) is 0 Å². The van der Waals surface area contributed by atoms with Crippen LogP contribution in [0.5, 0.6) is 0 Å². The minimum atomic E-state index is -3.86. The fraction of sp³-hybridized carbons (Fsp3) is 0.0769. The monoisotopic (exact) mass is 314 g/mol. The van der Waals surface area contributed by atoms with E-state index in [0.717, 1.165) is 6.07 Å². The highest BCUT2D eigenvalue weighted by atomic mass is 35.5. The largest absolute Gasteiger partial charge is 0.397 e. The number of nitrogens with one attached hydrogen (secondary N) is 1. The van der Waals surface area contributed by atoms with Gasteiger partial charge in [0.15, 0.2) is 0 Å². The molecular formula is C13H12ClFN2O2S. The highest BCUT2D eigenvalue weighted by Crippen LogP contribution is 2.27. The molecule has 2 aromatic rings. The van der Waals surface area contributed by atoms with Crippen LogP contribution in [0.15, 0.2) is 41.3 Å². The number of aryl methyl sites for hydroxylation is 1. The normalized spacial score (nSPS) is 11.3. The highest BCUT2D eigenvalue weighted by Gasteiger charge is 2.18. The van der Waals surface area contributed by atoms with Crippen LogP contribution in [-0.4, -0.2) is 8.42 Å². The zero-order valence-corrected chi connectivity index (χ0v) is 12.1. The number of hydrogen-bond donors (Lipinski definition) is 2. The first kappa shape index (κ1) is 14.6. The molecule has 0 aliphatic carbocycles. The maximum atomic E-state index is 13.1. The summed E-state index contributed by atoms with van der Waals surface area (Å²) in [5, 5.41) is 0.284. The minimum Gasteiger partial charge on any atom is -0.397 e. The summed E-state index contributed by atoms with van der Waals surface area (Å²) in [6.07, 6.45) is 0. The lowest BCUT2D eigenvalue weighted by Gasteiger charge is -2.12. The summed E-state index contributed by atoms with van der Waals surface area (Å²) in [6.45, 7) is 1.60. The number of anilines is 2. The number of halogens is 2. The lowest BCUT2D eigenvalue weighted by atomic mass is 10.2. The average molecular weight is 315 g/mol. The molecule has 0 aliphatic heterocycles. The maximum absolute atomic E-state index is 13.1. The van der Waals surface area contributed by atoms with Gasteiger partial charge in [-0.1, -0.05) is 17.7 Å². The Kier molecular flexibility index (Phi) is 3.87. The van der Waals surface area contributed by atoms with E-state index in [4.69, 9.17) is 17.3 Å². The smallest absolute Gasteiger partial charge is 0.262 e. The van der Waals surface area contributed by atoms with Gasteiger partial charge in [0.1, 0.15) is 5.82 Å². The molecule has 7 heteroatoms. The molecule has 3 N–H and O–H groups in total. The molecule has 0 aliphatic rings. The second-order valence-electron chi connectivity index (χ2n) is 4.26. The van der Waals surface area contributed by atoms with Crippen LogP contribution in [0, 0.1) is 12.7 Å². The van der Waals surface area contributed by atoms with E-state index in [9.17, 15) is 12.8 Å². The standard InChI is InChI=1S/C13H12ClFN2O2S/c1-8-5-11(14)12(16)7-13(8)20(18,19)17-10-4-2-3-9(15)6-10/h2-7,17H,16H2,1H3. The number of nitrogens with two attached hydrogens (primary N) is 1. The maximum Gasteiger partial charge on any atom is 0.262 e. The van der Waals surface area contributed by atoms with Crippen molar-refractivity contribution in [3.63, 3.8) is 0 Å². The third kappa shape index (κ3) is 3.02. The first-order valence-electron chi connectivity index (χ1n) is 5.63. The van der Waals surface area contributed by atoms with Gasteiger partial charge in [0.2, 0.25) is 0 Å². The van der Waals surface area contributed by atoms with Gasteiger partial charge in [-0.05, 0) is 42.8 Å². The van der Waals surface area contributed by atoms with Crippen molar-refractivity contribution in [2.45, 2.75) is 11.8 Å². The Bertz CT molecular complexity index is 763. The van der Waals surface area contributed by atoms with Crippen molar-refractivity contribution in [1.82, 2.24) is 0 Å². The van der Waals surface area contributed by atoms with E-state index in [1.54, 1.807) is 6.92 Å². The van der Waals surface area contributed by atoms with Crippen molar-refractivity contribution in [1.29, 1.82) is 0 Å². The van der Waals surface area contributed by atoms with Crippen LogP contribution in [0.1, 0.15) is 5.56 Å². The average Bonchev–Trinajstić information content (AvgIpc) is 2.33. The zero-order valence-electron chi connectivity index (χ0n) is 10.5. The SMILES string of the molecule is Cc1cc(Cl)c(N)cc1S(=O)(=O)Nc1cccc(F)c1. The van der Waals surface area contributed by atoms with Crippen LogP contribution in [-0.2, 0) is 10.0 Å². The van der Waals surface area contributed by atoms with E-state index >= 15 is 0 Å². The van der Waals surface area contributed by atoms with E-state index in [0.29, 0.717) is 5.56 Å². The molecule has 0 saturated carbocycles. The Hall–Kier alpha value is -1.79. The summed E-state index contributed by atoms with van der Waals surface area (Å²) in [5.41, 5.74) is 6.37. The minimum absolute atomic E-state index is 0.00339. The van der Waals surface area contributed by atoms with Crippen LogP contribution in [0.3, 0.4) is 0 Å². The van der Waals surface area contributed by atoms with Gasteiger partial charge in [0, 0.05) is 0 Å². The van der Waals surface area contributed by atoms with E-state index in [-0.39, 0.29) is 21.3 Å². The summed E-state index contributed by atoms with van der Waals surface area (Å²) < 4.78 is 39.9. The van der Waals surface area contributed by atoms with Crippen molar-refractivity contribution in [3.05, 3.63) is 52.8 Å². The Morgan fingerprint density at radius 2 is 1.95 bits per heavy atom. The summed E-state index contributed by atoms with van der Waals surface area (Å²) in [7, 11) is -3.86. The number of sulfonamides is 1. The lowest BCUT2D eigenvalue weighted by Crippen LogP contribution is -2.14. The van der Waals surface area contributed by atoms with Crippen LogP contribution < -0.4 is 10.5 Å². The summed E-state index contributed by atoms with van der Waals surface area (Å²) in [4.78, 5) is 0.00339. The van der Waals surface area contributed by atoms with Gasteiger partial charge >= 0.3 is 0 Å². The zero-order chi connectivity index (χ0) is 14.9. The van der Waals surface area contributed by atoms with Crippen LogP contribution in [0.2, 0.25) is 5.02 Å². The number of benzene rings is 2. The molecule has 0 radical (unpaired) electrons. The van der Waals surface area contributed by atoms with Gasteiger partial charge in [-0.15, -0.1) is 0 Å². The van der Waals surface area contributed by atoms with Crippen molar-refractivity contribution >= 4 is 33.0 Å². The van der Waals surface area contributed by atoms with E-state index < -0.39 is 15.8 Å². The molecule has 0 unspecified atom stereocenters. The molecule has 0 saturated heterocycles. The number of rotatable bonds is 3. The van der Waals surface area contributed by atoms with Gasteiger partial charge < -0.3 is 5.73 Å². The van der Waals surface area contributed by atoms with Crippen molar-refractivity contribution in [2.24, 2.45) is 0 Å². The molecule has 2 aromatic carbocycles. The molecule has 106 valence electrons. The quantitative estimate of drug-likeness (QED) is 0.855. The molecule has 0 heterocycles. The Morgan fingerprint density at radius 3 is 2.60 bits per heavy atom. The van der Waals surface area contributed by atoms with Crippen LogP contribution in [0.25, 0.3) is 0 Å². The lowest BCUT2D eigenvalue weighted by molar-refractivity contribution is 0.600. The molecule has 0 amide bonds. The molecule has 0 atom stereocenters. The van der Waals surface area contributed by atoms with E-state index in [1.807, 2.05) is 0 Å². The Balaban J connectivity index is 2.43. The highest BCUT2D eigenvalue weighted by molar-refractivity contribution is 7.92. The van der Waals surface area contributed by atoms with Crippen molar-refractivity contribution in [2.75, 3.05) is 10.5 Å². The van der Waals surface area contributed by atoms with Crippen LogP contribution >= 0.6 is 11.6 Å². The summed E-state index contributed by atoms with van der Waals surface area (Å²) >= 11 is 5.83. The first-order valence-corrected chi connectivity index (χ1v) is 7.50. The summed E-state index contributed by atoms with van der Waals surface area (Å²) in [6, 6.07) is 7.93. The van der Waals surface area contributed by atoms with Crippen LogP contribution in [0.4, 0.5) is 15.8 Å². The number of nitrogen functional groups attached to an aromatic ring is 1. The second kappa shape index (κ2) is 5.30. The molecule has 0 spiro atoms. The fourth-order valence-electron chi connectivity index (χ4n) is 1.72. The van der Waals surface area contributed by atoms with Gasteiger partial charge in [0.25, 0.3) is 10.0 Å². The molecule has 0 aromatic heterocycles. The van der Waals surface area contributed by atoms with Gasteiger partial charge in [-0.3, -0.25) is 4.72 Å². The number of hydrogen-bond acceptors (Lipinski definition) is 3. The molecule has 4 nitrogen and oxygen atoms in total. The molecule has 2 rings (SSSR count). The Morgan fingerprint density at radius 1 is 1.25 bits per heavy atom. The molecular weight excluding hydrogens is 303 g/mol. The van der Waals surface area contributed by atoms with E-state index in [2.05, 4.69) is 4.72 Å². The van der Waals surface area contributed by atoms with Gasteiger partial charge in [-0.25, -0.2) is 12.8 Å².